The third-order valence-electron chi connectivity index (χ3n) is 4.44. The van der Waals surface area contributed by atoms with Crippen molar-refractivity contribution in [2.75, 3.05) is 6.73 Å². The average Bonchev–Trinajstić information content (AvgIpc) is 2.46. The highest BCUT2D eigenvalue weighted by Gasteiger charge is 2.22. The van der Waals surface area contributed by atoms with Crippen molar-refractivity contribution in [3.63, 3.8) is 0 Å². The van der Waals surface area contributed by atoms with Crippen LogP contribution >= 0.6 is 0 Å². The van der Waals surface area contributed by atoms with Gasteiger partial charge in [0.05, 0.1) is 0 Å². The van der Waals surface area contributed by atoms with Gasteiger partial charge in [0.15, 0.2) is 6.73 Å². The Morgan fingerprint density at radius 3 is 2.81 bits per heavy atom. The highest BCUT2D eigenvalue weighted by Crippen LogP contribution is 2.23. The van der Waals surface area contributed by atoms with Crippen LogP contribution in [0.1, 0.15) is 43.7 Å². The summed E-state index contributed by atoms with van der Waals surface area (Å²) in [5.74, 6) is 1.38. The van der Waals surface area contributed by atoms with Crippen molar-refractivity contribution in [3.8, 4) is 5.75 Å². The molecule has 4 heteroatoms. The molecule has 0 aromatic heterocycles. The van der Waals surface area contributed by atoms with Gasteiger partial charge in [-0.2, -0.15) is 0 Å². The van der Waals surface area contributed by atoms with E-state index in [0.717, 1.165) is 17.7 Å². The first-order valence-electron chi connectivity index (χ1n) is 7.81. The Bertz CT molecular complexity index is 488. The number of hydrogen-bond donors (Lipinski definition) is 2. The van der Waals surface area contributed by atoms with E-state index in [0.29, 0.717) is 12.0 Å². The Balaban J connectivity index is 1.75. The van der Waals surface area contributed by atoms with Crippen molar-refractivity contribution in [1.29, 1.82) is 0 Å². The SMILES string of the molecule is Cc1cccc(OCNC(=O)NC2CCCCC2C)c1C. The Hall–Kier alpha value is -1.71. The minimum Gasteiger partial charge on any atom is -0.473 e. The van der Waals surface area contributed by atoms with Gasteiger partial charge in [-0.1, -0.05) is 31.9 Å². The van der Waals surface area contributed by atoms with Crippen molar-refractivity contribution in [1.82, 2.24) is 10.6 Å². The molecular weight excluding hydrogens is 264 g/mol. The third-order valence-corrected chi connectivity index (χ3v) is 4.44. The molecule has 2 atom stereocenters. The molecule has 0 heterocycles. The molecule has 0 aliphatic heterocycles. The fraction of sp³-hybridized carbons (Fsp3) is 0.588. The van der Waals surface area contributed by atoms with Crippen LogP contribution in [-0.2, 0) is 0 Å². The van der Waals surface area contributed by atoms with Crippen LogP contribution < -0.4 is 15.4 Å². The van der Waals surface area contributed by atoms with Crippen LogP contribution in [0.3, 0.4) is 0 Å². The summed E-state index contributed by atoms with van der Waals surface area (Å²) >= 11 is 0. The molecule has 0 saturated heterocycles. The topological polar surface area (TPSA) is 50.4 Å². The molecule has 2 amide bonds. The zero-order chi connectivity index (χ0) is 15.2. The number of ether oxygens (including phenoxy) is 1. The number of rotatable bonds is 4. The van der Waals surface area contributed by atoms with E-state index in [2.05, 4.69) is 17.6 Å². The summed E-state index contributed by atoms with van der Waals surface area (Å²) in [4.78, 5) is 11.9. The van der Waals surface area contributed by atoms with E-state index in [1.165, 1.54) is 24.8 Å². The number of amides is 2. The maximum Gasteiger partial charge on any atom is 0.317 e. The van der Waals surface area contributed by atoms with E-state index >= 15 is 0 Å². The molecule has 1 aromatic rings. The van der Waals surface area contributed by atoms with Crippen LogP contribution in [0.15, 0.2) is 18.2 Å². The van der Waals surface area contributed by atoms with Crippen LogP contribution in [0, 0.1) is 19.8 Å². The lowest BCUT2D eigenvalue weighted by Gasteiger charge is -2.29. The monoisotopic (exact) mass is 290 g/mol. The van der Waals surface area contributed by atoms with Gasteiger partial charge in [0.2, 0.25) is 0 Å². The summed E-state index contributed by atoms with van der Waals surface area (Å²) in [6, 6.07) is 6.08. The van der Waals surface area contributed by atoms with Crippen molar-refractivity contribution in [3.05, 3.63) is 29.3 Å². The first-order chi connectivity index (χ1) is 10.1. The van der Waals surface area contributed by atoms with Gasteiger partial charge >= 0.3 is 6.03 Å². The van der Waals surface area contributed by atoms with Crippen molar-refractivity contribution in [2.24, 2.45) is 5.92 Å². The first-order valence-corrected chi connectivity index (χ1v) is 7.81. The highest BCUT2D eigenvalue weighted by molar-refractivity contribution is 5.74. The largest absolute Gasteiger partial charge is 0.473 e. The van der Waals surface area contributed by atoms with E-state index in [4.69, 9.17) is 4.74 Å². The highest BCUT2D eigenvalue weighted by atomic mass is 16.5. The number of carbonyl (C=O) groups excluding carboxylic acids is 1. The van der Waals surface area contributed by atoms with E-state index in [1.807, 2.05) is 32.0 Å². The van der Waals surface area contributed by atoms with E-state index in [1.54, 1.807) is 0 Å². The van der Waals surface area contributed by atoms with Gasteiger partial charge in [-0.15, -0.1) is 0 Å². The zero-order valence-electron chi connectivity index (χ0n) is 13.2. The molecule has 116 valence electrons. The molecule has 0 spiro atoms. The fourth-order valence-electron chi connectivity index (χ4n) is 2.81. The van der Waals surface area contributed by atoms with Gasteiger partial charge in [0.25, 0.3) is 0 Å². The second kappa shape index (κ2) is 7.34. The Morgan fingerprint density at radius 1 is 1.29 bits per heavy atom. The van der Waals surface area contributed by atoms with Crippen molar-refractivity contribution in [2.45, 2.75) is 52.5 Å². The Morgan fingerprint density at radius 2 is 2.05 bits per heavy atom. The van der Waals surface area contributed by atoms with E-state index in [9.17, 15) is 4.79 Å². The normalized spacial score (nSPS) is 21.7. The van der Waals surface area contributed by atoms with Gasteiger partial charge in [-0.25, -0.2) is 4.79 Å². The minimum atomic E-state index is -0.140. The van der Waals surface area contributed by atoms with Gasteiger partial charge in [0, 0.05) is 6.04 Å². The van der Waals surface area contributed by atoms with Crippen LogP contribution in [0.4, 0.5) is 4.79 Å². The van der Waals surface area contributed by atoms with Crippen molar-refractivity contribution >= 4 is 6.03 Å². The summed E-state index contributed by atoms with van der Waals surface area (Å²) in [5.41, 5.74) is 2.30. The smallest absolute Gasteiger partial charge is 0.317 e. The molecule has 1 saturated carbocycles. The van der Waals surface area contributed by atoms with Crippen LogP contribution in [0.25, 0.3) is 0 Å². The summed E-state index contributed by atoms with van der Waals surface area (Å²) in [7, 11) is 0. The van der Waals surface area contributed by atoms with Gasteiger partial charge in [-0.3, -0.25) is 0 Å². The fourth-order valence-corrected chi connectivity index (χ4v) is 2.81. The lowest BCUT2D eigenvalue weighted by molar-refractivity contribution is 0.208. The molecule has 1 aliphatic rings. The molecule has 1 aromatic carbocycles. The predicted octanol–water partition coefficient (Wildman–Crippen LogP) is 3.52. The zero-order valence-corrected chi connectivity index (χ0v) is 13.2. The van der Waals surface area contributed by atoms with Crippen LogP contribution in [0.2, 0.25) is 0 Å². The average molecular weight is 290 g/mol. The molecule has 0 bridgehead atoms. The molecule has 2 N–H and O–H groups in total. The number of aryl methyl sites for hydroxylation is 1. The molecule has 2 unspecified atom stereocenters. The molecule has 1 aliphatic carbocycles. The quantitative estimate of drug-likeness (QED) is 0.834. The van der Waals surface area contributed by atoms with E-state index in [-0.39, 0.29) is 12.8 Å². The van der Waals surface area contributed by atoms with E-state index < -0.39 is 0 Å². The summed E-state index contributed by atoms with van der Waals surface area (Å²) in [5, 5.41) is 5.82. The second-order valence-corrected chi connectivity index (χ2v) is 6.01. The lowest BCUT2D eigenvalue weighted by atomic mass is 9.86. The summed E-state index contributed by atoms with van der Waals surface area (Å²) in [6.07, 6.45) is 4.75. The number of nitrogens with one attached hydrogen (secondary N) is 2. The summed E-state index contributed by atoms with van der Waals surface area (Å²) < 4.78 is 5.63. The van der Waals surface area contributed by atoms with Crippen LogP contribution in [0.5, 0.6) is 5.75 Å². The summed E-state index contributed by atoms with van der Waals surface area (Å²) in [6.45, 7) is 6.47. The molecule has 2 rings (SSSR count). The second-order valence-electron chi connectivity index (χ2n) is 6.01. The first kappa shape index (κ1) is 15.7. The molecule has 4 nitrogen and oxygen atoms in total. The third kappa shape index (κ3) is 4.38. The van der Waals surface area contributed by atoms with Crippen molar-refractivity contribution < 1.29 is 9.53 Å². The maximum absolute atomic E-state index is 11.9. The minimum absolute atomic E-state index is 0.140. The number of benzene rings is 1. The standard InChI is InChI=1S/C17H26N2O2/c1-12-8-6-10-16(14(12)3)21-11-18-17(20)19-15-9-5-4-7-13(15)2/h6,8,10,13,15H,4-5,7,9,11H2,1-3H3,(H2,18,19,20). The predicted molar refractivity (Wildman–Crippen MR) is 84.5 cm³/mol. The molecule has 1 fully saturated rings. The number of urea groups is 1. The Kier molecular flexibility index (Phi) is 5.48. The molecular formula is C17H26N2O2. The van der Waals surface area contributed by atoms with Gasteiger partial charge < -0.3 is 15.4 Å². The van der Waals surface area contributed by atoms with Gasteiger partial charge in [-0.05, 0) is 49.8 Å². The maximum atomic E-state index is 11.9. The number of carbonyl (C=O) groups is 1. The lowest BCUT2D eigenvalue weighted by Crippen LogP contribution is -2.46. The van der Waals surface area contributed by atoms with Gasteiger partial charge in [0.1, 0.15) is 5.75 Å². The molecule has 21 heavy (non-hydrogen) atoms. The molecule has 0 radical (unpaired) electrons. The Labute approximate surface area is 127 Å². The van der Waals surface area contributed by atoms with Crippen LogP contribution in [-0.4, -0.2) is 18.8 Å². The number of hydrogen-bond acceptors (Lipinski definition) is 2.